The molecule has 2 rings (SSSR count). The van der Waals surface area contributed by atoms with Crippen LogP contribution < -0.4 is 5.32 Å². The van der Waals surface area contributed by atoms with Gasteiger partial charge in [-0.05, 0) is 43.7 Å². The number of amides is 1. The van der Waals surface area contributed by atoms with E-state index >= 15 is 0 Å². The zero-order chi connectivity index (χ0) is 16.3. The van der Waals surface area contributed by atoms with Gasteiger partial charge in [0.1, 0.15) is 5.82 Å². The summed E-state index contributed by atoms with van der Waals surface area (Å²) in [6.07, 6.45) is -0.899. The molecule has 2 N–H and O–H groups in total. The van der Waals surface area contributed by atoms with Gasteiger partial charge >= 0.3 is 0 Å². The Labute approximate surface area is 137 Å². The molecule has 1 aromatic heterocycles. The van der Waals surface area contributed by atoms with E-state index in [-0.39, 0.29) is 17.6 Å². The molecule has 1 amide bonds. The van der Waals surface area contributed by atoms with Crippen LogP contribution in [0.3, 0.4) is 0 Å². The second-order valence-corrected chi connectivity index (χ2v) is 6.90. The Hall–Kier alpha value is -1.43. The third-order valence-corrected chi connectivity index (χ3v) is 4.88. The van der Waals surface area contributed by atoms with Crippen LogP contribution >= 0.6 is 22.9 Å². The topological polar surface area (TPSA) is 49.3 Å². The summed E-state index contributed by atoms with van der Waals surface area (Å²) in [6, 6.07) is 8.65. The highest BCUT2D eigenvalue weighted by Gasteiger charge is 2.23. The first-order chi connectivity index (χ1) is 10.4. The number of benzene rings is 1. The van der Waals surface area contributed by atoms with Crippen molar-refractivity contribution in [2.24, 2.45) is 0 Å². The minimum absolute atomic E-state index is 0.188. The molecule has 0 saturated heterocycles. The average molecular weight is 342 g/mol. The number of hydrogen-bond donors (Lipinski definition) is 2. The monoisotopic (exact) mass is 341 g/mol. The predicted octanol–water partition coefficient (Wildman–Crippen LogP) is 3.88. The van der Waals surface area contributed by atoms with E-state index in [0.717, 1.165) is 4.88 Å². The second-order valence-electron chi connectivity index (χ2n) is 5.16. The summed E-state index contributed by atoms with van der Waals surface area (Å²) in [7, 11) is 0. The van der Waals surface area contributed by atoms with Crippen LogP contribution in [-0.2, 0) is 4.79 Å². The van der Waals surface area contributed by atoms with E-state index in [4.69, 9.17) is 11.6 Å². The molecule has 2 aromatic rings. The molecule has 1 heterocycles. The summed E-state index contributed by atoms with van der Waals surface area (Å²) in [5.41, 5.74) is 0.557. The van der Waals surface area contributed by atoms with Gasteiger partial charge in [0, 0.05) is 4.88 Å². The van der Waals surface area contributed by atoms with Crippen molar-refractivity contribution >= 4 is 28.8 Å². The van der Waals surface area contributed by atoms with Gasteiger partial charge in [-0.3, -0.25) is 4.79 Å². The van der Waals surface area contributed by atoms with E-state index in [1.54, 1.807) is 19.9 Å². The van der Waals surface area contributed by atoms with Crippen LogP contribution in [0.25, 0.3) is 0 Å². The zero-order valence-corrected chi connectivity index (χ0v) is 13.8. The lowest BCUT2D eigenvalue weighted by molar-refractivity contribution is -0.123. The lowest BCUT2D eigenvalue weighted by Crippen LogP contribution is -2.39. The van der Waals surface area contributed by atoms with E-state index < -0.39 is 12.1 Å². The van der Waals surface area contributed by atoms with Crippen LogP contribution in [0, 0.1) is 5.82 Å². The summed E-state index contributed by atoms with van der Waals surface area (Å²) >= 11 is 7.23. The van der Waals surface area contributed by atoms with Gasteiger partial charge in [0.15, 0.2) is 0 Å². The van der Waals surface area contributed by atoms with Crippen molar-refractivity contribution in [1.29, 1.82) is 0 Å². The Morgan fingerprint density at radius 2 is 1.86 bits per heavy atom. The highest BCUT2D eigenvalue weighted by atomic mass is 35.5. The minimum Gasteiger partial charge on any atom is -0.386 e. The van der Waals surface area contributed by atoms with Gasteiger partial charge in [0.05, 0.1) is 22.4 Å². The van der Waals surface area contributed by atoms with Crippen LogP contribution in [0.5, 0.6) is 0 Å². The maximum absolute atomic E-state index is 12.9. The standard InChI is InChI=1S/C16H17ClFNO2S/c1-9(13-7-8-14(17)22-13)16(21)19-10(2)15(20)11-3-5-12(18)6-4-11/h3-10,15,20H,1-2H3,(H,19,21). The fourth-order valence-electron chi connectivity index (χ4n) is 2.07. The number of aliphatic hydroxyl groups is 1. The molecule has 0 saturated carbocycles. The Balaban J connectivity index is 1.99. The maximum atomic E-state index is 12.9. The van der Waals surface area contributed by atoms with E-state index in [9.17, 15) is 14.3 Å². The molecular weight excluding hydrogens is 325 g/mol. The molecule has 0 bridgehead atoms. The molecule has 0 fully saturated rings. The maximum Gasteiger partial charge on any atom is 0.228 e. The van der Waals surface area contributed by atoms with Crippen molar-refractivity contribution in [1.82, 2.24) is 5.32 Å². The zero-order valence-electron chi connectivity index (χ0n) is 12.2. The number of carbonyl (C=O) groups is 1. The molecule has 3 unspecified atom stereocenters. The van der Waals surface area contributed by atoms with Crippen molar-refractivity contribution < 1.29 is 14.3 Å². The van der Waals surface area contributed by atoms with Gasteiger partial charge in [0.2, 0.25) is 5.91 Å². The van der Waals surface area contributed by atoms with E-state index in [1.807, 2.05) is 6.07 Å². The number of rotatable bonds is 5. The molecule has 3 nitrogen and oxygen atoms in total. The summed E-state index contributed by atoms with van der Waals surface area (Å²) < 4.78 is 13.5. The predicted molar refractivity (Wildman–Crippen MR) is 86.7 cm³/mol. The highest BCUT2D eigenvalue weighted by Crippen LogP contribution is 2.28. The van der Waals surface area contributed by atoms with Crippen LogP contribution in [0.1, 0.15) is 36.3 Å². The van der Waals surface area contributed by atoms with E-state index in [0.29, 0.717) is 9.90 Å². The smallest absolute Gasteiger partial charge is 0.228 e. The van der Waals surface area contributed by atoms with Crippen LogP contribution in [0.4, 0.5) is 4.39 Å². The van der Waals surface area contributed by atoms with Gasteiger partial charge in [-0.2, -0.15) is 0 Å². The number of aliphatic hydroxyl groups excluding tert-OH is 1. The van der Waals surface area contributed by atoms with Crippen molar-refractivity contribution in [3.05, 3.63) is 57.0 Å². The van der Waals surface area contributed by atoms with Crippen LogP contribution in [0.15, 0.2) is 36.4 Å². The quantitative estimate of drug-likeness (QED) is 0.867. The van der Waals surface area contributed by atoms with Gasteiger partial charge in [0.25, 0.3) is 0 Å². The molecule has 6 heteroatoms. The Bertz CT molecular complexity index is 644. The van der Waals surface area contributed by atoms with Gasteiger partial charge in [-0.25, -0.2) is 4.39 Å². The van der Waals surface area contributed by atoms with Crippen LogP contribution in [-0.4, -0.2) is 17.1 Å². The van der Waals surface area contributed by atoms with Crippen molar-refractivity contribution in [3.8, 4) is 0 Å². The molecule has 118 valence electrons. The molecule has 1 aromatic carbocycles. The first kappa shape index (κ1) is 16.9. The number of hydrogen-bond acceptors (Lipinski definition) is 3. The molecule has 0 aliphatic rings. The lowest BCUT2D eigenvalue weighted by Gasteiger charge is -2.22. The number of nitrogens with one attached hydrogen (secondary N) is 1. The molecule has 0 aliphatic carbocycles. The molecule has 22 heavy (non-hydrogen) atoms. The first-order valence-corrected chi connectivity index (χ1v) is 8.07. The van der Waals surface area contributed by atoms with Gasteiger partial charge in [-0.1, -0.05) is 23.7 Å². The summed E-state index contributed by atoms with van der Waals surface area (Å²) in [5, 5.41) is 13.0. The van der Waals surface area contributed by atoms with Crippen molar-refractivity contribution in [2.45, 2.75) is 31.9 Å². The minimum atomic E-state index is -0.899. The summed E-state index contributed by atoms with van der Waals surface area (Å²) in [5.74, 6) is -0.900. The summed E-state index contributed by atoms with van der Waals surface area (Å²) in [4.78, 5) is 13.1. The van der Waals surface area contributed by atoms with Crippen molar-refractivity contribution in [3.63, 3.8) is 0 Å². The fraction of sp³-hybridized carbons (Fsp3) is 0.312. The Morgan fingerprint density at radius 1 is 1.23 bits per heavy atom. The third-order valence-electron chi connectivity index (χ3n) is 3.47. The third kappa shape index (κ3) is 4.06. The SMILES string of the molecule is CC(C(=O)NC(C)C(O)c1ccc(F)cc1)c1ccc(Cl)s1. The Kier molecular flexibility index (Phi) is 5.56. The number of carbonyl (C=O) groups excluding carboxylic acids is 1. The number of halogens is 2. The summed E-state index contributed by atoms with van der Waals surface area (Å²) in [6.45, 7) is 3.49. The normalized spacial score (nSPS) is 15.1. The fourth-order valence-corrected chi connectivity index (χ4v) is 3.18. The van der Waals surface area contributed by atoms with Crippen molar-refractivity contribution in [2.75, 3.05) is 0 Å². The molecule has 0 aliphatic heterocycles. The van der Waals surface area contributed by atoms with E-state index in [2.05, 4.69) is 5.32 Å². The number of thiophene rings is 1. The molecule has 0 radical (unpaired) electrons. The largest absolute Gasteiger partial charge is 0.386 e. The first-order valence-electron chi connectivity index (χ1n) is 6.87. The molecular formula is C16H17ClFNO2S. The molecule has 0 spiro atoms. The Morgan fingerprint density at radius 3 is 2.41 bits per heavy atom. The van der Waals surface area contributed by atoms with E-state index in [1.165, 1.54) is 35.6 Å². The van der Waals surface area contributed by atoms with Gasteiger partial charge < -0.3 is 10.4 Å². The average Bonchev–Trinajstić information content (AvgIpc) is 2.92. The lowest BCUT2D eigenvalue weighted by atomic mass is 10.0. The van der Waals surface area contributed by atoms with Gasteiger partial charge in [-0.15, -0.1) is 11.3 Å². The molecule has 3 atom stereocenters. The second kappa shape index (κ2) is 7.22. The van der Waals surface area contributed by atoms with Crippen LogP contribution in [0.2, 0.25) is 4.34 Å². The highest BCUT2D eigenvalue weighted by molar-refractivity contribution is 7.16.